The first-order valence-electron chi connectivity index (χ1n) is 18.8. The third-order valence-electron chi connectivity index (χ3n) is 8.91. The van der Waals surface area contributed by atoms with Crippen LogP contribution in [0.5, 0.6) is 0 Å². The first-order valence-corrected chi connectivity index (χ1v) is 18.8. The van der Waals surface area contributed by atoms with Crippen LogP contribution in [0.4, 0.5) is 8.78 Å². The normalized spacial score (nSPS) is 14.4. The Kier molecular flexibility index (Phi) is 17.1. The average molecular weight is 812 g/mol. The van der Waals surface area contributed by atoms with Crippen LogP contribution >= 0.6 is 0 Å². The van der Waals surface area contributed by atoms with Crippen LogP contribution in [0.25, 0.3) is 11.3 Å². The molecule has 1 aromatic heterocycles. The van der Waals surface area contributed by atoms with Crippen molar-refractivity contribution in [2.45, 2.75) is 64.8 Å². The van der Waals surface area contributed by atoms with Gasteiger partial charge in [0.2, 0.25) is 11.8 Å². The molecule has 1 unspecified atom stereocenters. The minimum absolute atomic E-state index is 0.0468. The molecule has 4 rings (SSSR count). The predicted molar refractivity (Wildman–Crippen MR) is 206 cm³/mol. The Morgan fingerprint density at radius 2 is 1.50 bits per heavy atom. The van der Waals surface area contributed by atoms with Crippen LogP contribution in [-0.4, -0.2) is 107 Å². The van der Waals surface area contributed by atoms with Crippen molar-refractivity contribution < 1.29 is 52.1 Å². The van der Waals surface area contributed by atoms with E-state index >= 15 is 0 Å². The SMILES string of the molecule is CC(C)(C)[C@@H](NC(=O)C(O)CC[C@H](N)C(=O)NNC(=O)CCOCCOCCOCCN1C(=O)C=CC1=O)c1nc(-c2cc(F)ccc2F)cn1Cc1ccccc1. The number of amides is 5. The number of nitrogens with zero attached hydrogens (tertiary/aromatic N) is 3. The summed E-state index contributed by atoms with van der Waals surface area (Å²) in [6, 6.07) is 10.5. The Morgan fingerprint density at radius 1 is 0.862 bits per heavy atom. The van der Waals surface area contributed by atoms with Crippen LogP contribution in [0.15, 0.2) is 66.9 Å². The predicted octanol–water partition coefficient (Wildman–Crippen LogP) is 2.06. The summed E-state index contributed by atoms with van der Waals surface area (Å²) >= 11 is 0. The molecule has 58 heavy (non-hydrogen) atoms. The Hall–Kier alpha value is -5.40. The zero-order valence-corrected chi connectivity index (χ0v) is 32.7. The second-order valence-corrected chi connectivity index (χ2v) is 14.5. The number of nitrogens with two attached hydrogens (primary N) is 1. The van der Waals surface area contributed by atoms with Crippen LogP contribution in [0.1, 0.15) is 57.5 Å². The number of aliphatic hydroxyl groups excluding tert-OH is 1. The highest BCUT2D eigenvalue weighted by atomic mass is 19.1. The Balaban J connectivity index is 1.17. The van der Waals surface area contributed by atoms with Gasteiger partial charge in [0, 0.05) is 30.5 Å². The van der Waals surface area contributed by atoms with E-state index in [1.807, 2.05) is 51.1 Å². The minimum Gasteiger partial charge on any atom is -0.383 e. The lowest BCUT2D eigenvalue weighted by Crippen LogP contribution is -2.50. The molecular weight excluding hydrogens is 760 g/mol. The molecule has 3 aromatic rings. The molecule has 6 N–H and O–H groups in total. The second kappa shape index (κ2) is 21.9. The summed E-state index contributed by atoms with van der Waals surface area (Å²) in [6.45, 7) is 7.23. The summed E-state index contributed by atoms with van der Waals surface area (Å²) in [6.07, 6.45) is 2.07. The van der Waals surface area contributed by atoms with Gasteiger partial charge in [-0.25, -0.2) is 13.8 Å². The number of hydrogen-bond acceptors (Lipinski definition) is 11. The third kappa shape index (κ3) is 13.9. The fraction of sp³-hybridized carbons (Fsp3) is 0.450. The summed E-state index contributed by atoms with van der Waals surface area (Å²) in [4.78, 5) is 66.7. The monoisotopic (exact) mass is 811 g/mol. The summed E-state index contributed by atoms with van der Waals surface area (Å²) in [7, 11) is 0. The minimum atomic E-state index is -1.57. The second-order valence-electron chi connectivity index (χ2n) is 14.5. The smallest absolute Gasteiger partial charge is 0.255 e. The maximum absolute atomic E-state index is 14.8. The lowest BCUT2D eigenvalue weighted by Gasteiger charge is -2.32. The summed E-state index contributed by atoms with van der Waals surface area (Å²) in [5.74, 6) is -3.72. The number of halogens is 2. The van der Waals surface area contributed by atoms with E-state index in [2.05, 4.69) is 21.2 Å². The van der Waals surface area contributed by atoms with Crippen molar-refractivity contribution in [3.63, 3.8) is 0 Å². The molecule has 18 heteroatoms. The number of hydrazine groups is 1. The molecule has 2 aromatic carbocycles. The number of nitrogens with one attached hydrogen (secondary N) is 3. The number of carbonyl (C=O) groups is 5. The lowest BCUT2D eigenvalue weighted by atomic mass is 9.85. The van der Waals surface area contributed by atoms with Gasteiger partial charge < -0.3 is 34.9 Å². The van der Waals surface area contributed by atoms with E-state index in [1.165, 1.54) is 12.2 Å². The van der Waals surface area contributed by atoms with Crippen molar-refractivity contribution in [3.05, 3.63) is 89.9 Å². The number of imide groups is 1. The van der Waals surface area contributed by atoms with Crippen LogP contribution in [0, 0.1) is 17.0 Å². The van der Waals surface area contributed by atoms with E-state index in [0.717, 1.165) is 28.7 Å². The fourth-order valence-electron chi connectivity index (χ4n) is 5.70. The molecular formula is C40H51F2N7O9. The molecule has 0 radical (unpaired) electrons. The molecule has 0 spiro atoms. The maximum atomic E-state index is 14.8. The molecule has 0 bridgehead atoms. The molecule has 0 fully saturated rings. The number of hydrogen-bond donors (Lipinski definition) is 5. The summed E-state index contributed by atoms with van der Waals surface area (Å²) in [5.41, 5.74) is 10.8. The first-order chi connectivity index (χ1) is 27.6. The van der Waals surface area contributed by atoms with Crippen LogP contribution in [0.2, 0.25) is 0 Å². The van der Waals surface area contributed by atoms with Gasteiger partial charge >= 0.3 is 0 Å². The zero-order chi connectivity index (χ0) is 42.2. The molecule has 314 valence electrons. The molecule has 1 aliphatic heterocycles. The highest BCUT2D eigenvalue weighted by molar-refractivity contribution is 6.12. The maximum Gasteiger partial charge on any atom is 0.255 e. The third-order valence-corrected chi connectivity index (χ3v) is 8.91. The van der Waals surface area contributed by atoms with E-state index in [4.69, 9.17) is 19.9 Å². The number of benzene rings is 2. The number of aliphatic hydroxyl groups is 1. The molecule has 0 aliphatic carbocycles. The number of imidazole rings is 1. The zero-order valence-electron chi connectivity index (χ0n) is 32.7. The van der Waals surface area contributed by atoms with Crippen LogP contribution < -0.4 is 21.9 Å². The van der Waals surface area contributed by atoms with Crippen molar-refractivity contribution in [1.29, 1.82) is 0 Å². The summed E-state index contributed by atoms with van der Waals surface area (Å²) < 4.78 is 46.8. The highest BCUT2D eigenvalue weighted by Crippen LogP contribution is 2.35. The van der Waals surface area contributed by atoms with Crippen molar-refractivity contribution >= 4 is 29.5 Å². The van der Waals surface area contributed by atoms with Gasteiger partial charge in [-0.2, -0.15) is 0 Å². The van der Waals surface area contributed by atoms with E-state index < -0.39 is 53.0 Å². The number of rotatable bonds is 22. The standard InChI is InChI=1S/C40H51F2N7O9/c1-40(2,3)36(37-44-31(28-23-27(41)9-10-29(28)42)25-48(37)24-26-7-5-4-6-8-26)45-39(55)32(50)12-11-30(43)38(54)47-46-33(51)15-17-56-19-21-58-22-20-57-18-16-49-34(52)13-14-35(49)53/h4-10,13-14,23,25,30,32,36,50H,11-12,15-22,24,43H2,1-3H3,(H,45,55)(H,46,51)(H,47,54)/t30-,32?,36-/m0/s1. The first kappa shape index (κ1) is 45.3. The molecule has 3 atom stereocenters. The van der Waals surface area contributed by atoms with Crippen LogP contribution in [0.3, 0.4) is 0 Å². The fourth-order valence-corrected chi connectivity index (χ4v) is 5.70. The van der Waals surface area contributed by atoms with Gasteiger partial charge in [0.15, 0.2) is 0 Å². The van der Waals surface area contributed by atoms with Gasteiger partial charge in [0.1, 0.15) is 23.6 Å². The van der Waals surface area contributed by atoms with E-state index in [9.17, 15) is 37.9 Å². The molecule has 5 amide bonds. The van der Waals surface area contributed by atoms with Crippen molar-refractivity contribution in [1.82, 2.24) is 30.6 Å². The van der Waals surface area contributed by atoms with Crippen LogP contribution in [-0.2, 0) is 44.7 Å². The lowest BCUT2D eigenvalue weighted by molar-refractivity contribution is -0.137. The molecule has 1 aliphatic rings. The van der Waals surface area contributed by atoms with E-state index in [-0.39, 0.29) is 88.5 Å². The molecule has 2 heterocycles. The molecule has 0 saturated carbocycles. The van der Waals surface area contributed by atoms with E-state index in [1.54, 1.807) is 10.8 Å². The van der Waals surface area contributed by atoms with Gasteiger partial charge in [-0.3, -0.25) is 39.7 Å². The van der Waals surface area contributed by atoms with Gasteiger partial charge in [0.25, 0.3) is 17.7 Å². The van der Waals surface area contributed by atoms with Gasteiger partial charge in [0.05, 0.1) is 70.4 Å². The number of carbonyl (C=O) groups excluding carboxylic acids is 5. The summed E-state index contributed by atoms with van der Waals surface area (Å²) in [5, 5.41) is 13.7. The van der Waals surface area contributed by atoms with Crippen molar-refractivity contribution in [2.75, 3.05) is 46.2 Å². The van der Waals surface area contributed by atoms with Gasteiger partial charge in [-0.05, 0) is 42.0 Å². The Bertz CT molecular complexity index is 1880. The number of aromatic nitrogens is 2. The van der Waals surface area contributed by atoms with Crippen molar-refractivity contribution in [3.8, 4) is 11.3 Å². The van der Waals surface area contributed by atoms with Gasteiger partial charge in [-0.1, -0.05) is 51.1 Å². The Morgan fingerprint density at radius 3 is 2.16 bits per heavy atom. The van der Waals surface area contributed by atoms with E-state index in [0.29, 0.717) is 12.4 Å². The average Bonchev–Trinajstić information content (AvgIpc) is 3.75. The quantitative estimate of drug-likeness (QED) is 0.0563. The van der Waals surface area contributed by atoms with Gasteiger partial charge in [-0.15, -0.1) is 0 Å². The topological polar surface area (TPSA) is 216 Å². The largest absolute Gasteiger partial charge is 0.383 e. The highest BCUT2D eigenvalue weighted by Gasteiger charge is 2.34. The number of ether oxygens (including phenoxy) is 3. The molecule has 0 saturated heterocycles. The Labute approximate surface area is 335 Å². The van der Waals surface area contributed by atoms with Crippen molar-refractivity contribution in [2.24, 2.45) is 11.1 Å². The molecule has 16 nitrogen and oxygen atoms in total.